The van der Waals surface area contributed by atoms with Crippen molar-refractivity contribution in [1.29, 1.82) is 0 Å². The molecule has 6 nitrogen and oxygen atoms in total. The fourth-order valence-corrected chi connectivity index (χ4v) is 2.87. The number of ether oxygens (including phenoxy) is 1. The van der Waals surface area contributed by atoms with E-state index in [0.717, 1.165) is 6.42 Å². The molecule has 1 aliphatic heterocycles. The lowest BCUT2D eigenvalue weighted by molar-refractivity contribution is -0.136. The molecule has 6 heteroatoms. The first-order valence-electron chi connectivity index (χ1n) is 9.98. The Morgan fingerprint density at radius 1 is 1.11 bits per heavy atom. The molecule has 1 aliphatic rings. The van der Waals surface area contributed by atoms with Crippen LogP contribution in [0.5, 0.6) is 0 Å². The van der Waals surface area contributed by atoms with Gasteiger partial charge in [0.25, 0.3) is 0 Å². The van der Waals surface area contributed by atoms with Crippen molar-refractivity contribution in [2.75, 3.05) is 0 Å². The van der Waals surface area contributed by atoms with Gasteiger partial charge in [-0.05, 0) is 32.1 Å². The van der Waals surface area contributed by atoms with Crippen LogP contribution in [0.2, 0.25) is 0 Å². The number of allylic oxidation sites excluding steroid dienone is 4. The van der Waals surface area contributed by atoms with E-state index in [1.54, 1.807) is 0 Å². The first-order valence-corrected chi connectivity index (χ1v) is 9.98. The van der Waals surface area contributed by atoms with Gasteiger partial charge in [-0.1, -0.05) is 55.5 Å². The molecule has 0 unspecified atom stereocenters. The standard InChI is InChI=1S/C22H34O6/c1-2-3-8-12-20-19(25)16-21(28-20)18(24)15-14-17(23)11-9-6-4-5-7-10-13-22(26)27/h3,5-9,14-15,17-21,23-25H,2,4,10-13,16H2,1H3,(H,26,27)/b7-5-,8-3-,9-6-,15-14+/t17-,18+,19-,20-,21+/m1/s1. The Bertz CT molecular complexity index is 551. The molecule has 0 amide bonds. The van der Waals surface area contributed by atoms with Crippen LogP contribution in [0.4, 0.5) is 0 Å². The molecule has 0 aromatic rings. The van der Waals surface area contributed by atoms with E-state index in [4.69, 9.17) is 9.84 Å². The fourth-order valence-electron chi connectivity index (χ4n) is 2.87. The normalized spacial score (nSPS) is 25.5. The predicted octanol–water partition coefficient (Wildman–Crippen LogP) is 2.90. The third kappa shape index (κ3) is 10.6. The fraction of sp³-hybridized carbons (Fsp3) is 0.591. The number of aliphatic hydroxyl groups excluding tert-OH is 3. The summed E-state index contributed by atoms with van der Waals surface area (Å²) in [4.78, 5) is 10.4. The molecular formula is C22H34O6. The third-order valence-electron chi connectivity index (χ3n) is 4.44. The molecular weight excluding hydrogens is 360 g/mol. The minimum absolute atomic E-state index is 0.129. The highest BCUT2D eigenvalue weighted by molar-refractivity contribution is 5.66. The SMILES string of the molecule is CC/C=C\C[C@H]1O[C@H]([C@@H](O)/C=C/[C@H](O)C/C=C\C/C=C\CCC(=O)O)C[C@H]1O. The van der Waals surface area contributed by atoms with Gasteiger partial charge in [-0.15, -0.1) is 0 Å². The van der Waals surface area contributed by atoms with Crippen molar-refractivity contribution in [2.45, 2.75) is 82.4 Å². The van der Waals surface area contributed by atoms with Gasteiger partial charge in [0.05, 0.1) is 30.5 Å². The number of aliphatic carboxylic acids is 1. The second kappa shape index (κ2) is 14.3. The number of hydrogen-bond acceptors (Lipinski definition) is 5. The molecule has 1 heterocycles. The third-order valence-corrected chi connectivity index (χ3v) is 4.44. The Morgan fingerprint density at radius 3 is 2.57 bits per heavy atom. The van der Waals surface area contributed by atoms with Crippen molar-refractivity contribution in [3.8, 4) is 0 Å². The molecule has 1 rings (SSSR count). The molecule has 158 valence electrons. The number of carboxylic acid groups (broad SMARTS) is 1. The molecule has 5 atom stereocenters. The molecule has 0 aliphatic carbocycles. The van der Waals surface area contributed by atoms with Gasteiger partial charge >= 0.3 is 5.97 Å². The van der Waals surface area contributed by atoms with Crippen LogP contribution in [-0.4, -0.2) is 56.9 Å². The second-order valence-corrected chi connectivity index (χ2v) is 6.92. The number of hydrogen-bond donors (Lipinski definition) is 4. The van der Waals surface area contributed by atoms with E-state index >= 15 is 0 Å². The second-order valence-electron chi connectivity index (χ2n) is 6.92. The monoisotopic (exact) mass is 394 g/mol. The number of rotatable bonds is 13. The van der Waals surface area contributed by atoms with Gasteiger partial charge in [0.2, 0.25) is 0 Å². The van der Waals surface area contributed by atoms with Gasteiger partial charge in [0, 0.05) is 12.8 Å². The summed E-state index contributed by atoms with van der Waals surface area (Å²) in [7, 11) is 0. The van der Waals surface area contributed by atoms with Gasteiger partial charge in [-0.2, -0.15) is 0 Å². The van der Waals surface area contributed by atoms with E-state index in [1.807, 2.05) is 43.4 Å². The molecule has 0 saturated carbocycles. The molecule has 0 radical (unpaired) electrons. The Hall–Kier alpha value is -1.73. The van der Waals surface area contributed by atoms with Crippen molar-refractivity contribution >= 4 is 5.97 Å². The highest BCUT2D eigenvalue weighted by Gasteiger charge is 2.36. The van der Waals surface area contributed by atoms with Gasteiger partial charge in [0.1, 0.15) is 0 Å². The van der Waals surface area contributed by atoms with Crippen LogP contribution in [0.1, 0.15) is 51.9 Å². The Morgan fingerprint density at radius 2 is 1.86 bits per heavy atom. The largest absolute Gasteiger partial charge is 0.481 e. The molecule has 28 heavy (non-hydrogen) atoms. The molecule has 0 bridgehead atoms. The molecule has 0 spiro atoms. The average Bonchev–Trinajstić information content (AvgIpc) is 3.02. The highest BCUT2D eigenvalue weighted by atomic mass is 16.5. The lowest BCUT2D eigenvalue weighted by Gasteiger charge is -2.16. The van der Waals surface area contributed by atoms with Crippen LogP contribution < -0.4 is 0 Å². The quantitative estimate of drug-likeness (QED) is 0.358. The molecule has 0 aromatic carbocycles. The zero-order valence-electron chi connectivity index (χ0n) is 16.6. The Labute approximate surface area is 167 Å². The minimum Gasteiger partial charge on any atom is -0.481 e. The van der Waals surface area contributed by atoms with E-state index in [2.05, 4.69) is 0 Å². The first kappa shape index (κ1) is 24.3. The van der Waals surface area contributed by atoms with Crippen LogP contribution in [0.3, 0.4) is 0 Å². The van der Waals surface area contributed by atoms with E-state index in [0.29, 0.717) is 32.1 Å². The van der Waals surface area contributed by atoms with E-state index in [-0.39, 0.29) is 12.5 Å². The molecule has 1 saturated heterocycles. The molecule has 0 aromatic heterocycles. The predicted molar refractivity (Wildman–Crippen MR) is 109 cm³/mol. The van der Waals surface area contributed by atoms with Crippen LogP contribution in [0, 0.1) is 0 Å². The van der Waals surface area contributed by atoms with Crippen molar-refractivity contribution in [1.82, 2.24) is 0 Å². The highest BCUT2D eigenvalue weighted by Crippen LogP contribution is 2.26. The van der Waals surface area contributed by atoms with Crippen molar-refractivity contribution in [3.05, 3.63) is 48.6 Å². The molecule has 1 fully saturated rings. The van der Waals surface area contributed by atoms with Crippen LogP contribution >= 0.6 is 0 Å². The maximum atomic E-state index is 10.4. The van der Waals surface area contributed by atoms with Gasteiger partial charge < -0.3 is 25.2 Å². The number of carboxylic acids is 1. The maximum absolute atomic E-state index is 10.4. The van der Waals surface area contributed by atoms with Crippen molar-refractivity contribution < 1.29 is 30.0 Å². The van der Waals surface area contributed by atoms with Gasteiger partial charge in [0.15, 0.2) is 0 Å². The van der Waals surface area contributed by atoms with Gasteiger partial charge in [-0.3, -0.25) is 4.79 Å². The summed E-state index contributed by atoms with van der Waals surface area (Å²) in [6, 6.07) is 0. The summed E-state index contributed by atoms with van der Waals surface area (Å²) in [5.74, 6) is -0.807. The smallest absolute Gasteiger partial charge is 0.303 e. The molecule has 4 N–H and O–H groups in total. The first-order chi connectivity index (χ1) is 13.4. The summed E-state index contributed by atoms with van der Waals surface area (Å²) in [5.41, 5.74) is 0. The van der Waals surface area contributed by atoms with E-state index in [1.165, 1.54) is 12.2 Å². The average molecular weight is 395 g/mol. The van der Waals surface area contributed by atoms with Crippen molar-refractivity contribution in [2.24, 2.45) is 0 Å². The zero-order chi connectivity index (χ0) is 20.8. The van der Waals surface area contributed by atoms with Crippen LogP contribution in [-0.2, 0) is 9.53 Å². The zero-order valence-corrected chi connectivity index (χ0v) is 16.6. The Balaban J connectivity index is 2.28. The lowest BCUT2D eigenvalue weighted by atomic mass is 10.0. The Kier molecular flexibility index (Phi) is 12.4. The van der Waals surface area contributed by atoms with Crippen LogP contribution in [0.15, 0.2) is 48.6 Å². The maximum Gasteiger partial charge on any atom is 0.303 e. The summed E-state index contributed by atoms with van der Waals surface area (Å²) < 4.78 is 5.73. The van der Waals surface area contributed by atoms with Crippen molar-refractivity contribution in [3.63, 3.8) is 0 Å². The van der Waals surface area contributed by atoms with Crippen LogP contribution in [0.25, 0.3) is 0 Å². The summed E-state index contributed by atoms with van der Waals surface area (Å²) >= 11 is 0. The lowest BCUT2D eigenvalue weighted by Crippen LogP contribution is -2.24. The van der Waals surface area contributed by atoms with E-state index < -0.39 is 30.4 Å². The topological polar surface area (TPSA) is 107 Å². The summed E-state index contributed by atoms with van der Waals surface area (Å²) in [6.45, 7) is 2.04. The summed E-state index contributed by atoms with van der Waals surface area (Å²) in [6.07, 6.45) is 15.3. The minimum atomic E-state index is -0.870. The summed E-state index contributed by atoms with van der Waals surface area (Å²) in [5, 5.41) is 38.7. The van der Waals surface area contributed by atoms with E-state index in [9.17, 15) is 20.1 Å². The number of aliphatic hydroxyl groups is 3. The number of carbonyl (C=O) groups is 1. The van der Waals surface area contributed by atoms with Gasteiger partial charge in [-0.25, -0.2) is 0 Å².